The molecule has 1 fully saturated rings. The number of hydrogen-bond donors (Lipinski definition) is 0. The quantitative estimate of drug-likeness (QED) is 0.754. The number of nitrogens with zero attached hydrogens (tertiary/aromatic N) is 1. The average Bonchev–Trinajstić information content (AvgIpc) is 2.79. The second-order valence-electron chi connectivity index (χ2n) is 5.23. The van der Waals surface area contributed by atoms with Crippen molar-refractivity contribution in [3.05, 3.63) is 42.2 Å². The topological polar surface area (TPSA) is 46.6 Å². The van der Waals surface area contributed by atoms with Crippen LogP contribution < -0.4 is 4.74 Å². The zero-order valence-corrected chi connectivity index (χ0v) is 12.9. The van der Waals surface area contributed by atoms with E-state index in [9.17, 15) is 12.8 Å². The first-order chi connectivity index (χ1) is 9.95. The lowest BCUT2D eigenvalue weighted by Crippen LogP contribution is -2.36. The highest BCUT2D eigenvalue weighted by Gasteiger charge is 2.32. The standard InChI is InChI=1S/C15H20FNO3S/c1-3-7-17(14-6-8-21(18,19)11-14)10-12-9-13(16)4-5-15(12)20-2/h3-5,9,14H,1,6-8,10-11H2,2H3/t14-/m0/s1. The SMILES string of the molecule is C=CCN(Cc1cc(F)ccc1OC)[C@H]1CCS(=O)(=O)C1. The number of methoxy groups -OCH3 is 1. The molecule has 0 bridgehead atoms. The molecule has 0 unspecified atom stereocenters. The van der Waals surface area contributed by atoms with Crippen molar-refractivity contribution >= 4 is 9.84 Å². The van der Waals surface area contributed by atoms with Crippen molar-refractivity contribution in [3.63, 3.8) is 0 Å². The minimum atomic E-state index is -2.96. The van der Waals surface area contributed by atoms with E-state index in [-0.39, 0.29) is 23.4 Å². The Morgan fingerprint density at radius 2 is 2.29 bits per heavy atom. The minimum Gasteiger partial charge on any atom is -0.496 e. The van der Waals surface area contributed by atoms with Crippen LogP contribution >= 0.6 is 0 Å². The molecule has 116 valence electrons. The van der Waals surface area contributed by atoms with Crippen molar-refractivity contribution in [3.8, 4) is 5.75 Å². The van der Waals surface area contributed by atoms with Gasteiger partial charge in [-0.05, 0) is 24.6 Å². The normalized spacial score (nSPS) is 20.6. The van der Waals surface area contributed by atoms with Crippen LogP contribution in [-0.2, 0) is 16.4 Å². The monoisotopic (exact) mass is 313 g/mol. The summed E-state index contributed by atoms with van der Waals surface area (Å²) in [7, 11) is -1.42. The first-order valence-corrected chi connectivity index (χ1v) is 8.65. The molecule has 2 rings (SSSR count). The van der Waals surface area contributed by atoms with Crippen molar-refractivity contribution in [2.24, 2.45) is 0 Å². The maximum absolute atomic E-state index is 13.4. The number of benzene rings is 1. The van der Waals surface area contributed by atoms with E-state index in [1.807, 2.05) is 4.90 Å². The van der Waals surface area contributed by atoms with E-state index in [4.69, 9.17) is 4.74 Å². The predicted molar refractivity (Wildman–Crippen MR) is 80.6 cm³/mol. The largest absolute Gasteiger partial charge is 0.496 e. The molecule has 0 saturated carbocycles. The molecule has 1 aromatic rings. The molecular weight excluding hydrogens is 293 g/mol. The molecule has 0 radical (unpaired) electrons. The Kier molecular flexibility index (Phi) is 5.00. The third kappa shape index (κ3) is 4.04. The summed E-state index contributed by atoms with van der Waals surface area (Å²) in [6, 6.07) is 4.31. The van der Waals surface area contributed by atoms with Crippen molar-refractivity contribution in [1.29, 1.82) is 0 Å². The molecule has 0 N–H and O–H groups in total. The smallest absolute Gasteiger partial charge is 0.151 e. The maximum Gasteiger partial charge on any atom is 0.151 e. The summed E-state index contributed by atoms with van der Waals surface area (Å²) in [5, 5.41) is 0. The van der Waals surface area contributed by atoms with Gasteiger partial charge in [0.1, 0.15) is 11.6 Å². The Bertz CT molecular complexity index is 615. The molecule has 21 heavy (non-hydrogen) atoms. The molecule has 0 aliphatic carbocycles. The van der Waals surface area contributed by atoms with E-state index in [1.165, 1.54) is 19.2 Å². The second kappa shape index (κ2) is 6.58. The molecule has 0 spiro atoms. The van der Waals surface area contributed by atoms with Gasteiger partial charge in [0.2, 0.25) is 0 Å². The van der Waals surface area contributed by atoms with E-state index in [1.54, 1.807) is 12.1 Å². The summed E-state index contributed by atoms with van der Waals surface area (Å²) < 4.78 is 42.0. The Morgan fingerprint density at radius 1 is 1.52 bits per heavy atom. The van der Waals surface area contributed by atoms with Crippen LogP contribution in [0.2, 0.25) is 0 Å². The van der Waals surface area contributed by atoms with E-state index >= 15 is 0 Å². The summed E-state index contributed by atoms with van der Waals surface area (Å²) >= 11 is 0. The number of hydrogen-bond acceptors (Lipinski definition) is 4. The summed E-state index contributed by atoms with van der Waals surface area (Å²) in [5.74, 6) is 0.638. The lowest BCUT2D eigenvalue weighted by molar-refractivity contribution is 0.223. The fourth-order valence-electron chi connectivity index (χ4n) is 2.66. The molecule has 0 aromatic heterocycles. The fraction of sp³-hybridized carbons (Fsp3) is 0.467. The van der Waals surface area contributed by atoms with Gasteiger partial charge in [-0.3, -0.25) is 4.90 Å². The molecule has 4 nitrogen and oxygen atoms in total. The van der Waals surface area contributed by atoms with Crippen LogP contribution in [0.15, 0.2) is 30.9 Å². The summed E-state index contributed by atoms with van der Waals surface area (Å²) in [5.41, 5.74) is 0.712. The van der Waals surface area contributed by atoms with Gasteiger partial charge in [-0.2, -0.15) is 0 Å². The lowest BCUT2D eigenvalue weighted by Gasteiger charge is -2.27. The van der Waals surface area contributed by atoms with E-state index in [0.29, 0.717) is 30.8 Å². The molecule has 1 aliphatic rings. The molecule has 1 saturated heterocycles. The van der Waals surface area contributed by atoms with Gasteiger partial charge in [0.05, 0.1) is 18.6 Å². The van der Waals surface area contributed by atoms with Crippen LogP contribution in [0.5, 0.6) is 5.75 Å². The number of sulfone groups is 1. The Hall–Kier alpha value is -1.40. The van der Waals surface area contributed by atoms with Crippen LogP contribution in [0, 0.1) is 5.82 Å². The Balaban J connectivity index is 2.20. The van der Waals surface area contributed by atoms with Gasteiger partial charge in [-0.1, -0.05) is 6.08 Å². The molecule has 6 heteroatoms. The molecule has 1 heterocycles. The van der Waals surface area contributed by atoms with Gasteiger partial charge in [0.15, 0.2) is 9.84 Å². The third-order valence-electron chi connectivity index (χ3n) is 3.70. The molecule has 1 aromatic carbocycles. The summed E-state index contributed by atoms with van der Waals surface area (Å²) in [6.07, 6.45) is 2.34. The minimum absolute atomic E-state index is 0.0547. The van der Waals surface area contributed by atoms with E-state index in [2.05, 4.69) is 6.58 Å². The number of halogens is 1. The van der Waals surface area contributed by atoms with Gasteiger partial charge >= 0.3 is 0 Å². The van der Waals surface area contributed by atoms with Crippen LogP contribution in [-0.4, -0.2) is 44.5 Å². The second-order valence-corrected chi connectivity index (χ2v) is 7.46. The van der Waals surface area contributed by atoms with Crippen molar-refractivity contribution in [1.82, 2.24) is 4.90 Å². The van der Waals surface area contributed by atoms with E-state index in [0.717, 1.165) is 0 Å². The Morgan fingerprint density at radius 3 is 2.86 bits per heavy atom. The first kappa shape index (κ1) is 16.0. The third-order valence-corrected chi connectivity index (χ3v) is 5.45. The zero-order valence-electron chi connectivity index (χ0n) is 12.1. The van der Waals surface area contributed by atoms with Gasteiger partial charge in [-0.25, -0.2) is 12.8 Å². The van der Waals surface area contributed by atoms with Gasteiger partial charge in [0, 0.05) is 24.7 Å². The molecule has 1 aliphatic heterocycles. The van der Waals surface area contributed by atoms with Crippen molar-refractivity contribution < 1.29 is 17.5 Å². The van der Waals surface area contributed by atoms with Crippen molar-refractivity contribution in [2.45, 2.75) is 19.0 Å². The van der Waals surface area contributed by atoms with Crippen molar-refractivity contribution in [2.75, 3.05) is 25.2 Å². The zero-order chi connectivity index (χ0) is 15.5. The average molecular weight is 313 g/mol. The fourth-order valence-corrected chi connectivity index (χ4v) is 4.42. The lowest BCUT2D eigenvalue weighted by atomic mass is 10.1. The molecular formula is C15H20FNO3S. The van der Waals surface area contributed by atoms with Gasteiger partial charge in [-0.15, -0.1) is 6.58 Å². The van der Waals surface area contributed by atoms with E-state index < -0.39 is 9.84 Å². The number of rotatable bonds is 6. The maximum atomic E-state index is 13.4. The Labute approximate surface area is 125 Å². The van der Waals surface area contributed by atoms with Crippen LogP contribution in [0.1, 0.15) is 12.0 Å². The van der Waals surface area contributed by atoms with Crippen LogP contribution in [0.4, 0.5) is 4.39 Å². The predicted octanol–water partition coefficient (Wildman–Crippen LogP) is 2.01. The highest BCUT2D eigenvalue weighted by Crippen LogP contribution is 2.25. The molecule has 0 amide bonds. The van der Waals surface area contributed by atoms with Crippen LogP contribution in [0.25, 0.3) is 0 Å². The van der Waals surface area contributed by atoms with Gasteiger partial charge < -0.3 is 4.74 Å². The highest BCUT2D eigenvalue weighted by atomic mass is 32.2. The highest BCUT2D eigenvalue weighted by molar-refractivity contribution is 7.91. The summed E-state index contributed by atoms with van der Waals surface area (Å²) in [6.45, 7) is 4.71. The van der Waals surface area contributed by atoms with Gasteiger partial charge in [0.25, 0.3) is 0 Å². The first-order valence-electron chi connectivity index (χ1n) is 6.83. The van der Waals surface area contributed by atoms with Crippen LogP contribution in [0.3, 0.4) is 0 Å². The summed E-state index contributed by atoms with van der Waals surface area (Å²) in [4.78, 5) is 2.01. The number of ether oxygens (including phenoxy) is 1. The molecule has 1 atom stereocenters.